The van der Waals surface area contributed by atoms with Crippen molar-refractivity contribution in [2.45, 2.75) is 6.92 Å². The molecule has 9 heteroatoms. The van der Waals surface area contributed by atoms with E-state index in [4.69, 9.17) is 35.4 Å². The molecule has 3 aromatic rings. The molecule has 0 saturated carbocycles. The number of aromatic amines is 2. The second-order valence-electron chi connectivity index (χ2n) is 4.51. The first-order chi connectivity index (χ1) is 10.5. The highest BCUT2D eigenvalue weighted by atomic mass is 35.5. The largest absolute Gasteiger partial charge is 0.282 e. The molecule has 0 unspecified atom stereocenters. The Bertz CT molecular complexity index is 907. The summed E-state index contributed by atoms with van der Waals surface area (Å²) in [7, 11) is 0. The fraction of sp³-hybridized carbons (Fsp3) is 0.0769. The SMILES string of the molecule is Cc1cc(-c2n[nH]c(=S)n2/N=C/c2ccc(Cl)cc2Cl)n[nH]1. The fourth-order valence-corrected chi connectivity index (χ4v) is 2.46. The van der Waals surface area contributed by atoms with Crippen LogP contribution < -0.4 is 0 Å². The highest BCUT2D eigenvalue weighted by Gasteiger charge is 2.11. The highest BCUT2D eigenvalue weighted by Crippen LogP contribution is 2.20. The fourth-order valence-electron chi connectivity index (χ4n) is 1.82. The number of H-pyrrole nitrogens is 2. The Morgan fingerprint density at radius 2 is 2.05 bits per heavy atom. The number of nitrogens with one attached hydrogen (secondary N) is 2. The Labute approximate surface area is 140 Å². The molecule has 0 radical (unpaired) electrons. The quantitative estimate of drug-likeness (QED) is 0.555. The van der Waals surface area contributed by atoms with Crippen molar-refractivity contribution in [3.8, 4) is 11.5 Å². The molecule has 0 saturated heterocycles. The summed E-state index contributed by atoms with van der Waals surface area (Å²) in [5.41, 5.74) is 2.28. The molecule has 0 amide bonds. The molecule has 2 aromatic heterocycles. The van der Waals surface area contributed by atoms with Crippen molar-refractivity contribution >= 4 is 41.6 Å². The molecule has 0 atom stereocenters. The first kappa shape index (κ1) is 15.0. The molecule has 2 heterocycles. The van der Waals surface area contributed by atoms with Crippen LogP contribution in [0.4, 0.5) is 0 Å². The standard InChI is InChI=1S/C13H10Cl2N6S/c1-7-4-11(18-17-7)12-19-20-13(22)21(12)16-6-8-2-3-9(14)5-10(8)15/h2-6H,1H3,(H,17,18)(H,20,22)/b16-6+. The van der Waals surface area contributed by atoms with Gasteiger partial charge in [0.15, 0.2) is 0 Å². The lowest BCUT2D eigenvalue weighted by atomic mass is 10.2. The van der Waals surface area contributed by atoms with Crippen molar-refractivity contribution in [3.05, 3.63) is 50.3 Å². The molecule has 0 spiro atoms. The summed E-state index contributed by atoms with van der Waals surface area (Å²) in [6.45, 7) is 1.90. The van der Waals surface area contributed by atoms with Crippen LogP contribution in [-0.4, -0.2) is 31.3 Å². The molecular weight excluding hydrogens is 343 g/mol. The van der Waals surface area contributed by atoms with E-state index >= 15 is 0 Å². The minimum absolute atomic E-state index is 0.358. The zero-order valence-electron chi connectivity index (χ0n) is 11.3. The van der Waals surface area contributed by atoms with E-state index in [2.05, 4.69) is 25.5 Å². The van der Waals surface area contributed by atoms with E-state index in [-0.39, 0.29) is 0 Å². The van der Waals surface area contributed by atoms with Crippen molar-refractivity contribution < 1.29 is 0 Å². The van der Waals surface area contributed by atoms with E-state index in [1.807, 2.05) is 13.0 Å². The third-order valence-electron chi connectivity index (χ3n) is 2.86. The number of hydrogen-bond donors (Lipinski definition) is 2. The Balaban J connectivity index is 2.00. The van der Waals surface area contributed by atoms with Crippen LogP contribution in [0.5, 0.6) is 0 Å². The summed E-state index contributed by atoms with van der Waals surface area (Å²) in [5, 5.41) is 19.2. The number of aromatic nitrogens is 5. The van der Waals surface area contributed by atoms with Gasteiger partial charge in [-0.2, -0.15) is 20.0 Å². The molecular formula is C13H10Cl2N6S. The third kappa shape index (κ3) is 2.96. The molecule has 0 aliphatic carbocycles. The summed E-state index contributed by atoms with van der Waals surface area (Å²) in [4.78, 5) is 0. The topological polar surface area (TPSA) is 74.7 Å². The number of nitrogens with zero attached hydrogens (tertiary/aromatic N) is 4. The summed E-state index contributed by atoms with van der Waals surface area (Å²) in [6.07, 6.45) is 1.59. The Morgan fingerprint density at radius 3 is 2.73 bits per heavy atom. The third-order valence-corrected chi connectivity index (χ3v) is 3.69. The lowest BCUT2D eigenvalue weighted by molar-refractivity contribution is 0.865. The number of hydrogen-bond acceptors (Lipinski definition) is 4. The molecule has 112 valence electrons. The second kappa shape index (κ2) is 6.04. The minimum Gasteiger partial charge on any atom is -0.282 e. The maximum Gasteiger partial charge on any atom is 0.216 e. The van der Waals surface area contributed by atoms with Crippen molar-refractivity contribution in [2.75, 3.05) is 0 Å². The molecule has 0 bridgehead atoms. The van der Waals surface area contributed by atoms with Crippen LogP contribution in [0.3, 0.4) is 0 Å². The van der Waals surface area contributed by atoms with Crippen LogP contribution in [0.2, 0.25) is 10.0 Å². The van der Waals surface area contributed by atoms with Gasteiger partial charge in [-0.1, -0.05) is 29.3 Å². The van der Waals surface area contributed by atoms with Gasteiger partial charge in [-0.15, -0.1) is 0 Å². The zero-order chi connectivity index (χ0) is 15.7. The van der Waals surface area contributed by atoms with E-state index in [1.54, 1.807) is 24.4 Å². The van der Waals surface area contributed by atoms with Crippen LogP contribution in [0, 0.1) is 11.7 Å². The van der Waals surface area contributed by atoms with Crippen LogP contribution in [0.1, 0.15) is 11.3 Å². The number of halogens is 2. The Morgan fingerprint density at radius 1 is 1.23 bits per heavy atom. The van der Waals surface area contributed by atoms with Gasteiger partial charge in [0.2, 0.25) is 10.6 Å². The second-order valence-corrected chi connectivity index (χ2v) is 5.74. The van der Waals surface area contributed by atoms with Gasteiger partial charge in [0, 0.05) is 16.3 Å². The van der Waals surface area contributed by atoms with Crippen LogP contribution >= 0.6 is 35.4 Å². The predicted octanol–water partition coefficient (Wildman–Crippen LogP) is 3.83. The van der Waals surface area contributed by atoms with Gasteiger partial charge in [-0.05, 0) is 37.3 Å². The van der Waals surface area contributed by atoms with Gasteiger partial charge < -0.3 is 0 Å². The Kier molecular flexibility index (Phi) is 4.10. The number of rotatable bonds is 3. The van der Waals surface area contributed by atoms with Gasteiger partial charge in [0.25, 0.3) is 0 Å². The van der Waals surface area contributed by atoms with Crippen molar-refractivity contribution in [1.82, 2.24) is 25.1 Å². The first-order valence-electron chi connectivity index (χ1n) is 6.24. The van der Waals surface area contributed by atoms with Crippen molar-refractivity contribution in [2.24, 2.45) is 5.10 Å². The van der Waals surface area contributed by atoms with Crippen LogP contribution in [-0.2, 0) is 0 Å². The average molecular weight is 353 g/mol. The molecule has 6 nitrogen and oxygen atoms in total. The lowest BCUT2D eigenvalue weighted by Gasteiger charge is -1.99. The van der Waals surface area contributed by atoms with Gasteiger partial charge in [0.05, 0.1) is 11.2 Å². The minimum atomic E-state index is 0.358. The van der Waals surface area contributed by atoms with Gasteiger partial charge in [-0.25, -0.2) is 5.10 Å². The first-order valence-corrected chi connectivity index (χ1v) is 7.40. The van der Waals surface area contributed by atoms with Crippen LogP contribution in [0.25, 0.3) is 11.5 Å². The van der Waals surface area contributed by atoms with E-state index in [0.29, 0.717) is 26.3 Å². The Hall–Kier alpha value is -1.96. The summed E-state index contributed by atoms with van der Waals surface area (Å²) >= 11 is 17.2. The van der Waals surface area contributed by atoms with E-state index in [1.165, 1.54) is 4.68 Å². The van der Waals surface area contributed by atoms with Gasteiger partial charge >= 0.3 is 0 Å². The molecule has 1 aromatic carbocycles. The average Bonchev–Trinajstić information content (AvgIpc) is 3.04. The smallest absolute Gasteiger partial charge is 0.216 e. The maximum absolute atomic E-state index is 6.12. The molecule has 0 aliphatic rings. The van der Waals surface area contributed by atoms with Crippen molar-refractivity contribution in [3.63, 3.8) is 0 Å². The van der Waals surface area contributed by atoms with Gasteiger partial charge in [-0.3, -0.25) is 5.10 Å². The monoisotopic (exact) mass is 352 g/mol. The van der Waals surface area contributed by atoms with Crippen molar-refractivity contribution in [1.29, 1.82) is 0 Å². The maximum atomic E-state index is 6.12. The van der Waals surface area contributed by atoms with Crippen LogP contribution in [0.15, 0.2) is 29.4 Å². The molecule has 22 heavy (non-hydrogen) atoms. The van der Waals surface area contributed by atoms with E-state index in [9.17, 15) is 0 Å². The lowest BCUT2D eigenvalue weighted by Crippen LogP contribution is -1.95. The van der Waals surface area contributed by atoms with E-state index in [0.717, 1.165) is 11.3 Å². The van der Waals surface area contributed by atoms with Gasteiger partial charge in [0.1, 0.15) is 5.69 Å². The molecule has 0 fully saturated rings. The van der Waals surface area contributed by atoms with E-state index < -0.39 is 0 Å². The normalized spacial score (nSPS) is 11.4. The molecule has 3 rings (SSSR count). The molecule has 0 aliphatic heterocycles. The summed E-state index contributed by atoms with van der Waals surface area (Å²) in [5.74, 6) is 0.510. The number of benzene rings is 1. The zero-order valence-corrected chi connectivity index (χ0v) is 13.7. The number of aryl methyl sites for hydroxylation is 1. The molecule has 2 N–H and O–H groups in total. The highest BCUT2D eigenvalue weighted by molar-refractivity contribution is 7.71. The summed E-state index contributed by atoms with van der Waals surface area (Å²) in [6, 6.07) is 7.01. The predicted molar refractivity (Wildman–Crippen MR) is 89.2 cm³/mol. The summed E-state index contributed by atoms with van der Waals surface area (Å²) < 4.78 is 1.84.